The fourth-order valence-corrected chi connectivity index (χ4v) is 5.38. The number of carbonyl (C=O) groups excluding carboxylic acids is 2. The summed E-state index contributed by atoms with van der Waals surface area (Å²) < 4.78 is 47.2. The topological polar surface area (TPSA) is 67.2 Å². The van der Waals surface area contributed by atoms with E-state index in [4.69, 9.17) is 16.3 Å². The van der Waals surface area contributed by atoms with Gasteiger partial charge in [-0.05, 0) is 36.5 Å². The molecular formula is C21H20ClF3N4O3. The molecule has 11 heteroatoms. The highest BCUT2D eigenvalue weighted by Gasteiger charge is 2.58. The number of fused-ring (bicyclic) bond motifs is 2. The van der Waals surface area contributed by atoms with Gasteiger partial charge in [-0.25, -0.2) is 4.52 Å². The molecular weight excluding hydrogens is 449 g/mol. The average Bonchev–Trinajstić information content (AvgIpc) is 3.64. The molecule has 2 aromatic rings. The van der Waals surface area contributed by atoms with Crippen molar-refractivity contribution in [2.75, 3.05) is 32.8 Å². The van der Waals surface area contributed by atoms with Crippen molar-refractivity contribution in [2.45, 2.75) is 31.0 Å². The second kappa shape index (κ2) is 6.84. The summed E-state index contributed by atoms with van der Waals surface area (Å²) in [6.45, 7) is 1.84. The molecule has 2 saturated carbocycles. The van der Waals surface area contributed by atoms with Crippen LogP contribution in [-0.2, 0) is 15.7 Å². The molecule has 0 radical (unpaired) electrons. The molecule has 170 valence electrons. The third-order valence-electron chi connectivity index (χ3n) is 7.05. The normalized spacial score (nSPS) is 27.9. The lowest BCUT2D eigenvalue weighted by Gasteiger charge is -2.35. The van der Waals surface area contributed by atoms with Crippen LogP contribution in [0.2, 0.25) is 5.02 Å². The largest absolute Gasteiger partial charge is 0.433 e. The Labute approximate surface area is 186 Å². The van der Waals surface area contributed by atoms with Crippen LogP contribution in [0.15, 0.2) is 12.1 Å². The van der Waals surface area contributed by atoms with Gasteiger partial charge >= 0.3 is 6.18 Å². The van der Waals surface area contributed by atoms with Gasteiger partial charge in [0.05, 0.1) is 23.8 Å². The number of hydrogen-bond acceptors (Lipinski definition) is 4. The first-order valence-electron chi connectivity index (χ1n) is 10.7. The monoisotopic (exact) mass is 468 g/mol. The van der Waals surface area contributed by atoms with Crippen molar-refractivity contribution >= 4 is 28.9 Å². The van der Waals surface area contributed by atoms with Crippen LogP contribution in [-0.4, -0.2) is 70.1 Å². The van der Waals surface area contributed by atoms with Gasteiger partial charge in [0.15, 0.2) is 5.69 Å². The van der Waals surface area contributed by atoms with Crippen LogP contribution in [0, 0.1) is 11.8 Å². The van der Waals surface area contributed by atoms with Gasteiger partial charge < -0.3 is 14.5 Å². The number of carbonyl (C=O) groups is 2. The van der Waals surface area contributed by atoms with E-state index in [0.717, 1.165) is 18.9 Å². The zero-order chi connectivity index (χ0) is 22.4. The summed E-state index contributed by atoms with van der Waals surface area (Å²) in [6.07, 6.45) is -3.00. The maximum Gasteiger partial charge on any atom is 0.433 e. The molecule has 0 bridgehead atoms. The first-order valence-corrected chi connectivity index (χ1v) is 11.1. The third-order valence-corrected chi connectivity index (χ3v) is 7.42. The summed E-state index contributed by atoms with van der Waals surface area (Å²) in [6, 6.07) is 2.83. The molecule has 2 aromatic heterocycles. The van der Waals surface area contributed by atoms with Crippen LogP contribution in [0.5, 0.6) is 0 Å². The van der Waals surface area contributed by atoms with E-state index < -0.39 is 17.8 Å². The molecule has 2 unspecified atom stereocenters. The van der Waals surface area contributed by atoms with Crippen LogP contribution in [0.4, 0.5) is 13.2 Å². The summed E-state index contributed by atoms with van der Waals surface area (Å²) >= 11 is 6.37. The highest BCUT2D eigenvalue weighted by Crippen LogP contribution is 2.48. The fraction of sp³-hybridized carbons (Fsp3) is 0.571. The van der Waals surface area contributed by atoms with Crippen molar-refractivity contribution in [2.24, 2.45) is 11.8 Å². The molecule has 2 aliphatic carbocycles. The van der Waals surface area contributed by atoms with Gasteiger partial charge in [0.2, 0.25) is 5.91 Å². The number of aromatic nitrogens is 2. The molecule has 2 amide bonds. The van der Waals surface area contributed by atoms with Gasteiger partial charge in [-0.3, -0.25) is 9.59 Å². The number of rotatable bonds is 3. The summed E-state index contributed by atoms with van der Waals surface area (Å²) in [4.78, 5) is 28.9. The zero-order valence-electron chi connectivity index (χ0n) is 16.9. The Balaban J connectivity index is 1.28. The van der Waals surface area contributed by atoms with Crippen molar-refractivity contribution in [3.05, 3.63) is 34.1 Å². The Morgan fingerprint density at radius 3 is 2.50 bits per heavy atom. The Morgan fingerprint density at radius 2 is 1.88 bits per heavy atom. The number of halogens is 4. The molecule has 4 fully saturated rings. The number of alkyl halides is 3. The molecule has 2 saturated heterocycles. The Kier molecular flexibility index (Phi) is 4.33. The van der Waals surface area contributed by atoms with Crippen LogP contribution >= 0.6 is 11.6 Å². The second-order valence-electron chi connectivity index (χ2n) is 9.08. The van der Waals surface area contributed by atoms with Crippen molar-refractivity contribution < 1.29 is 27.5 Å². The highest BCUT2D eigenvalue weighted by atomic mass is 35.5. The van der Waals surface area contributed by atoms with Crippen LogP contribution in [0.3, 0.4) is 0 Å². The predicted molar refractivity (Wildman–Crippen MR) is 106 cm³/mol. The van der Waals surface area contributed by atoms with E-state index in [1.54, 1.807) is 11.0 Å². The number of ether oxygens (including phenoxy) is 1. The molecule has 32 heavy (non-hydrogen) atoms. The smallest absolute Gasteiger partial charge is 0.381 e. The minimum Gasteiger partial charge on any atom is -0.381 e. The number of hydrogen-bond donors (Lipinski definition) is 0. The first kappa shape index (κ1) is 20.3. The molecule has 4 aliphatic rings. The maximum atomic E-state index is 13.7. The molecule has 4 heterocycles. The van der Waals surface area contributed by atoms with Gasteiger partial charge in [0, 0.05) is 31.0 Å². The van der Waals surface area contributed by atoms with E-state index in [0.29, 0.717) is 41.7 Å². The van der Waals surface area contributed by atoms with Crippen LogP contribution in [0.1, 0.15) is 40.5 Å². The van der Waals surface area contributed by atoms with Gasteiger partial charge in [-0.15, -0.1) is 0 Å². The lowest BCUT2D eigenvalue weighted by Crippen LogP contribution is -2.54. The first-order chi connectivity index (χ1) is 15.2. The summed E-state index contributed by atoms with van der Waals surface area (Å²) in [7, 11) is 0. The van der Waals surface area contributed by atoms with Crippen LogP contribution < -0.4 is 0 Å². The highest BCUT2D eigenvalue weighted by molar-refractivity contribution is 6.36. The van der Waals surface area contributed by atoms with E-state index in [-0.39, 0.29) is 47.2 Å². The number of piperazine rings is 1. The van der Waals surface area contributed by atoms with Gasteiger partial charge in [0.1, 0.15) is 12.2 Å². The van der Waals surface area contributed by atoms with Gasteiger partial charge in [-0.2, -0.15) is 18.3 Å². The van der Waals surface area contributed by atoms with Crippen molar-refractivity contribution in [1.29, 1.82) is 0 Å². The molecule has 2 atom stereocenters. The predicted octanol–water partition coefficient (Wildman–Crippen LogP) is 2.81. The average molecular weight is 469 g/mol. The van der Waals surface area contributed by atoms with E-state index >= 15 is 0 Å². The second-order valence-corrected chi connectivity index (χ2v) is 9.45. The van der Waals surface area contributed by atoms with Crippen LogP contribution in [0.25, 0.3) is 5.52 Å². The van der Waals surface area contributed by atoms with Gasteiger partial charge in [0.25, 0.3) is 5.91 Å². The molecule has 0 spiro atoms. The minimum absolute atomic E-state index is 0.0579. The van der Waals surface area contributed by atoms with E-state index in [9.17, 15) is 22.8 Å². The lowest BCUT2D eigenvalue weighted by atomic mass is 10.1. The quantitative estimate of drug-likeness (QED) is 0.695. The maximum absolute atomic E-state index is 13.7. The Hall–Kier alpha value is -2.33. The van der Waals surface area contributed by atoms with Gasteiger partial charge in [-0.1, -0.05) is 11.6 Å². The van der Waals surface area contributed by atoms with Crippen molar-refractivity contribution in [1.82, 2.24) is 19.4 Å². The number of nitrogens with zero attached hydrogens (tertiary/aromatic N) is 4. The van der Waals surface area contributed by atoms with Crippen molar-refractivity contribution in [3.8, 4) is 0 Å². The van der Waals surface area contributed by atoms with E-state index in [1.165, 1.54) is 4.90 Å². The van der Waals surface area contributed by atoms with Crippen molar-refractivity contribution in [3.63, 3.8) is 0 Å². The summed E-state index contributed by atoms with van der Waals surface area (Å²) in [5.74, 6) is 0.0123. The number of pyridine rings is 1. The Bertz CT molecular complexity index is 1140. The molecule has 0 aromatic carbocycles. The summed E-state index contributed by atoms with van der Waals surface area (Å²) in [5.41, 5.74) is -0.611. The fourth-order valence-electron chi connectivity index (χ4n) is 5.13. The summed E-state index contributed by atoms with van der Waals surface area (Å²) in [5, 5.41) is 3.83. The minimum atomic E-state index is -4.65. The zero-order valence-corrected chi connectivity index (χ0v) is 17.7. The van der Waals surface area contributed by atoms with E-state index in [1.807, 2.05) is 0 Å². The lowest BCUT2D eigenvalue weighted by molar-refractivity contribution is -0.142. The number of amides is 2. The molecule has 7 nitrogen and oxygen atoms in total. The molecule has 0 N–H and O–H groups in total. The van der Waals surface area contributed by atoms with E-state index in [2.05, 4.69) is 5.10 Å². The molecule has 2 aliphatic heterocycles. The molecule has 6 rings (SSSR count). The Morgan fingerprint density at radius 1 is 1.16 bits per heavy atom. The third kappa shape index (κ3) is 3.10. The SMILES string of the molecule is O=C(c1nn2c(C(F)(F)F)cc(C3CC3)cc2c1Cl)N1CCN(C2C3COCC32)C(=O)C1. The standard InChI is InChI=1S/C21H20ClF3N4O3/c22-17-14-5-11(10-1-2-10)6-15(21(23,24)25)29(14)26-18(17)20(31)27-3-4-28(16(30)7-27)19-12-8-32-9-13(12)19/h5-6,10,12-13,19H,1-4,7-9H2.